The smallest absolute Gasteiger partial charge is 0.328 e. The summed E-state index contributed by atoms with van der Waals surface area (Å²) in [5, 5.41) is 17.0. The number of fused-ring (bicyclic) bond motifs is 1. The van der Waals surface area contributed by atoms with Crippen LogP contribution in [-0.4, -0.2) is 46.1 Å². The fourth-order valence-corrected chi connectivity index (χ4v) is 4.45. The standard InChI is InChI=1S/C19H20N4O4S2/c1-28-13-11-16(19-21-20-17-4-2-3-12-23(17)19)22-29(26,27)15-8-5-14(6-9-15)7-10-18(24)25/h2-10,12,16,22H,11,13H2,1H3,(H,24,25). The maximum atomic E-state index is 12.9. The molecule has 0 spiro atoms. The lowest BCUT2D eigenvalue weighted by molar-refractivity contribution is -0.131. The van der Waals surface area contributed by atoms with Gasteiger partial charge in [0.05, 0.1) is 10.9 Å². The number of hydrogen-bond donors (Lipinski definition) is 2. The van der Waals surface area contributed by atoms with E-state index in [1.54, 1.807) is 40.6 Å². The van der Waals surface area contributed by atoms with Crippen LogP contribution < -0.4 is 4.72 Å². The molecule has 10 heteroatoms. The van der Waals surface area contributed by atoms with E-state index in [4.69, 9.17) is 5.11 Å². The topological polar surface area (TPSA) is 114 Å². The van der Waals surface area contributed by atoms with Gasteiger partial charge in [0.25, 0.3) is 0 Å². The van der Waals surface area contributed by atoms with Gasteiger partial charge < -0.3 is 5.11 Å². The number of hydrogen-bond acceptors (Lipinski definition) is 6. The highest BCUT2D eigenvalue weighted by Gasteiger charge is 2.25. The van der Waals surface area contributed by atoms with Gasteiger partial charge in [-0.05, 0) is 54.3 Å². The third-order valence-electron chi connectivity index (χ3n) is 4.17. The van der Waals surface area contributed by atoms with Crippen LogP contribution in [0, 0.1) is 0 Å². The van der Waals surface area contributed by atoms with E-state index in [1.165, 1.54) is 18.2 Å². The second kappa shape index (κ2) is 9.21. The SMILES string of the molecule is CSCCC(NS(=O)(=O)c1ccc(C=CC(=O)O)cc1)c1nnc2ccccn12. The van der Waals surface area contributed by atoms with Crippen molar-refractivity contribution in [3.8, 4) is 0 Å². The molecule has 1 aromatic carbocycles. The number of sulfonamides is 1. The molecule has 2 aromatic heterocycles. The largest absolute Gasteiger partial charge is 0.478 e. The van der Waals surface area contributed by atoms with Crippen LogP contribution in [0.25, 0.3) is 11.7 Å². The van der Waals surface area contributed by atoms with Gasteiger partial charge in [-0.15, -0.1) is 10.2 Å². The van der Waals surface area contributed by atoms with Crippen LogP contribution in [0.5, 0.6) is 0 Å². The number of carboxylic acid groups (broad SMARTS) is 1. The Morgan fingerprint density at radius 2 is 2.00 bits per heavy atom. The Labute approximate surface area is 172 Å². The second-order valence-corrected chi connectivity index (χ2v) is 8.88. The number of nitrogens with one attached hydrogen (secondary N) is 1. The zero-order chi connectivity index (χ0) is 20.9. The summed E-state index contributed by atoms with van der Waals surface area (Å²) >= 11 is 1.62. The van der Waals surface area contributed by atoms with E-state index in [1.807, 2.05) is 18.4 Å². The Kier molecular flexibility index (Phi) is 6.68. The lowest BCUT2D eigenvalue weighted by atomic mass is 10.2. The van der Waals surface area contributed by atoms with Crippen LogP contribution in [-0.2, 0) is 14.8 Å². The number of thioether (sulfide) groups is 1. The molecule has 0 amide bonds. The van der Waals surface area contributed by atoms with Crippen molar-refractivity contribution in [2.45, 2.75) is 17.4 Å². The van der Waals surface area contributed by atoms with Crippen LogP contribution in [0.15, 0.2) is 59.6 Å². The summed E-state index contributed by atoms with van der Waals surface area (Å²) in [6.45, 7) is 0. The molecule has 0 aliphatic carbocycles. The summed E-state index contributed by atoms with van der Waals surface area (Å²) in [4.78, 5) is 10.7. The normalized spacial score (nSPS) is 13.1. The number of benzene rings is 1. The number of carbonyl (C=O) groups is 1. The first kappa shape index (κ1) is 21.0. The Bertz CT molecular complexity index is 1120. The molecule has 1 atom stereocenters. The van der Waals surface area contributed by atoms with Crippen molar-refractivity contribution in [2.24, 2.45) is 0 Å². The van der Waals surface area contributed by atoms with Gasteiger partial charge in [-0.1, -0.05) is 18.2 Å². The van der Waals surface area contributed by atoms with Gasteiger partial charge in [0.1, 0.15) is 0 Å². The van der Waals surface area contributed by atoms with Gasteiger partial charge in [0.15, 0.2) is 11.5 Å². The number of carboxylic acids is 1. The first-order chi connectivity index (χ1) is 13.9. The predicted molar refractivity (Wildman–Crippen MR) is 112 cm³/mol. The summed E-state index contributed by atoms with van der Waals surface area (Å²) < 4.78 is 30.4. The number of pyridine rings is 1. The average molecular weight is 433 g/mol. The molecule has 0 fully saturated rings. The average Bonchev–Trinajstić information content (AvgIpc) is 3.14. The minimum Gasteiger partial charge on any atom is -0.478 e. The molecule has 0 radical (unpaired) electrons. The van der Waals surface area contributed by atoms with Crippen molar-refractivity contribution >= 4 is 39.5 Å². The molecule has 3 aromatic rings. The van der Waals surface area contributed by atoms with Crippen LogP contribution in [0.3, 0.4) is 0 Å². The fourth-order valence-electron chi connectivity index (χ4n) is 2.75. The van der Waals surface area contributed by atoms with Crippen LogP contribution >= 0.6 is 11.8 Å². The van der Waals surface area contributed by atoms with Gasteiger partial charge >= 0.3 is 5.97 Å². The third-order valence-corrected chi connectivity index (χ3v) is 6.30. The molecular weight excluding hydrogens is 412 g/mol. The Morgan fingerprint density at radius 1 is 1.24 bits per heavy atom. The lowest BCUT2D eigenvalue weighted by Crippen LogP contribution is -2.30. The molecular formula is C19H20N4O4S2. The minimum atomic E-state index is -3.81. The van der Waals surface area contributed by atoms with Crippen molar-refractivity contribution in [1.82, 2.24) is 19.3 Å². The van der Waals surface area contributed by atoms with E-state index in [-0.39, 0.29) is 4.90 Å². The molecule has 2 heterocycles. The van der Waals surface area contributed by atoms with E-state index in [2.05, 4.69) is 14.9 Å². The van der Waals surface area contributed by atoms with E-state index >= 15 is 0 Å². The molecule has 0 saturated carbocycles. The van der Waals surface area contributed by atoms with E-state index in [9.17, 15) is 13.2 Å². The maximum Gasteiger partial charge on any atom is 0.328 e. The van der Waals surface area contributed by atoms with Crippen molar-refractivity contribution in [1.29, 1.82) is 0 Å². The highest BCUT2D eigenvalue weighted by molar-refractivity contribution is 7.98. The molecule has 0 saturated heterocycles. The van der Waals surface area contributed by atoms with Gasteiger partial charge in [-0.2, -0.15) is 11.8 Å². The first-order valence-corrected chi connectivity index (χ1v) is 11.6. The number of rotatable bonds is 9. The minimum absolute atomic E-state index is 0.0907. The highest BCUT2D eigenvalue weighted by Crippen LogP contribution is 2.22. The van der Waals surface area contributed by atoms with Crippen molar-refractivity contribution in [3.63, 3.8) is 0 Å². The highest BCUT2D eigenvalue weighted by atomic mass is 32.2. The second-order valence-electron chi connectivity index (χ2n) is 6.18. The maximum absolute atomic E-state index is 12.9. The van der Waals surface area contributed by atoms with Gasteiger partial charge in [0, 0.05) is 12.3 Å². The Morgan fingerprint density at radius 3 is 2.69 bits per heavy atom. The van der Waals surface area contributed by atoms with Gasteiger partial charge in [0.2, 0.25) is 10.0 Å². The van der Waals surface area contributed by atoms with Crippen molar-refractivity contribution in [3.05, 3.63) is 66.1 Å². The Hall–Kier alpha value is -2.69. The number of nitrogens with zero attached hydrogens (tertiary/aromatic N) is 3. The number of aliphatic carboxylic acids is 1. The van der Waals surface area contributed by atoms with Crippen LogP contribution in [0.2, 0.25) is 0 Å². The summed E-state index contributed by atoms with van der Waals surface area (Å²) in [6.07, 6.45) is 6.70. The van der Waals surface area contributed by atoms with Gasteiger partial charge in [-0.25, -0.2) is 17.9 Å². The monoisotopic (exact) mass is 432 g/mol. The fraction of sp³-hybridized carbons (Fsp3) is 0.211. The summed E-state index contributed by atoms with van der Waals surface area (Å²) in [7, 11) is -3.81. The third kappa shape index (κ3) is 5.22. The van der Waals surface area contributed by atoms with E-state index in [0.717, 1.165) is 11.8 Å². The predicted octanol–water partition coefficient (Wildman–Crippen LogP) is 2.60. The molecule has 2 N–H and O–H groups in total. The Balaban J connectivity index is 1.87. The molecule has 152 valence electrons. The number of aromatic nitrogens is 3. The molecule has 8 nitrogen and oxygen atoms in total. The molecule has 0 bridgehead atoms. The molecule has 1 unspecified atom stereocenters. The summed E-state index contributed by atoms with van der Waals surface area (Å²) in [5.74, 6) is 0.202. The van der Waals surface area contributed by atoms with Gasteiger partial charge in [-0.3, -0.25) is 4.40 Å². The zero-order valence-electron chi connectivity index (χ0n) is 15.6. The molecule has 0 aliphatic heterocycles. The zero-order valence-corrected chi connectivity index (χ0v) is 17.2. The van der Waals surface area contributed by atoms with Crippen molar-refractivity contribution < 1.29 is 18.3 Å². The molecule has 0 aliphatic rings. The van der Waals surface area contributed by atoms with E-state index < -0.39 is 22.0 Å². The van der Waals surface area contributed by atoms with E-state index in [0.29, 0.717) is 23.5 Å². The first-order valence-electron chi connectivity index (χ1n) is 8.73. The van der Waals surface area contributed by atoms with Crippen LogP contribution in [0.1, 0.15) is 23.9 Å². The van der Waals surface area contributed by atoms with Crippen LogP contribution in [0.4, 0.5) is 0 Å². The lowest BCUT2D eigenvalue weighted by Gasteiger charge is -2.17. The summed E-state index contributed by atoms with van der Waals surface area (Å²) in [6, 6.07) is 10.9. The molecule has 3 rings (SSSR count). The summed E-state index contributed by atoms with van der Waals surface area (Å²) in [5.41, 5.74) is 1.24. The van der Waals surface area contributed by atoms with Crippen molar-refractivity contribution in [2.75, 3.05) is 12.0 Å². The quantitative estimate of drug-likeness (QED) is 0.500. The molecule has 29 heavy (non-hydrogen) atoms.